The zero-order valence-electron chi connectivity index (χ0n) is 6.83. The van der Waals surface area contributed by atoms with Gasteiger partial charge in [-0.2, -0.15) is 0 Å². The van der Waals surface area contributed by atoms with Crippen molar-refractivity contribution in [3.63, 3.8) is 0 Å². The smallest absolute Gasteiger partial charge is 0.171 e. The second kappa shape index (κ2) is 2.32. The molecule has 0 atom stereocenters. The van der Waals surface area contributed by atoms with E-state index in [2.05, 4.69) is 10.6 Å². The molecule has 66 valence electrons. The zero-order valence-corrected chi connectivity index (χ0v) is 6.83. The van der Waals surface area contributed by atoms with Gasteiger partial charge in [0.1, 0.15) is 12.5 Å². The number of ether oxygens (including phenoxy) is 2. The summed E-state index contributed by atoms with van der Waals surface area (Å²) in [4.78, 5) is 0. The van der Waals surface area contributed by atoms with Gasteiger partial charge in [-0.25, -0.2) is 0 Å². The van der Waals surface area contributed by atoms with Crippen LogP contribution < -0.4 is 20.1 Å². The Bertz CT molecular complexity index is 352. The van der Waals surface area contributed by atoms with Crippen molar-refractivity contribution in [2.45, 2.75) is 0 Å². The number of hydrogen-bond donors (Lipinski definition) is 2. The second-order valence-corrected chi connectivity index (χ2v) is 2.88. The molecule has 2 aliphatic rings. The molecule has 2 aliphatic heterocycles. The predicted octanol–water partition coefficient (Wildman–Crippen LogP) is 1.72. The Morgan fingerprint density at radius 3 is 2.00 bits per heavy atom. The summed E-state index contributed by atoms with van der Waals surface area (Å²) in [5.41, 5.74) is 2.11. The Kier molecular flexibility index (Phi) is 1.19. The topological polar surface area (TPSA) is 42.5 Å². The van der Waals surface area contributed by atoms with Crippen LogP contribution in [0.4, 0.5) is 11.4 Å². The van der Waals surface area contributed by atoms with Crippen LogP contribution in [0.25, 0.3) is 0 Å². The molecule has 0 amide bonds. The van der Waals surface area contributed by atoms with E-state index >= 15 is 0 Å². The first-order valence-electron chi connectivity index (χ1n) is 4.07. The van der Waals surface area contributed by atoms with Crippen LogP contribution in [0.1, 0.15) is 0 Å². The van der Waals surface area contributed by atoms with Gasteiger partial charge in [-0.15, -0.1) is 0 Å². The van der Waals surface area contributed by atoms with Crippen LogP contribution in [0.2, 0.25) is 0 Å². The molecule has 0 aliphatic carbocycles. The first kappa shape index (κ1) is 6.65. The second-order valence-electron chi connectivity index (χ2n) is 2.88. The Morgan fingerprint density at radius 1 is 0.923 bits per heavy atom. The molecule has 0 unspecified atom stereocenters. The van der Waals surface area contributed by atoms with Gasteiger partial charge in [0, 0.05) is 12.1 Å². The molecule has 0 aromatic heterocycles. The van der Waals surface area contributed by atoms with E-state index in [9.17, 15) is 0 Å². The molecule has 3 rings (SSSR count). The minimum Gasteiger partial charge on any atom is -0.458 e. The van der Waals surface area contributed by atoms with Gasteiger partial charge in [0.25, 0.3) is 0 Å². The summed E-state index contributed by atoms with van der Waals surface area (Å²) in [5, 5.41) is 6.36. The molecule has 2 N–H and O–H groups in total. The summed E-state index contributed by atoms with van der Waals surface area (Å²) < 4.78 is 10.6. The van der Waals surface area contributed by atoms with Gasteiger partial charge >= 0.3 is 0 Å². The number of nitrogens with one attached hydrogen (secondary N) is 2. The maximum Gasteiger partial charge on any atom is 0.171 e. The van der Waals surface area contributed by atoms with Gasteiger partial charge in [-0.05, 0) is 0 Å². The molecule has 0 saturated carbocycles. The highest BCUT2D eigenvalue weighted by Gasteiger charge is 2.16. The molecule has 0 saturated heterocycles. The molecule has 13 heavy (non-hydrogen) atoms. The van der Waals surface area contributed by atoms with Crippen molar-refractivity contribution < 1.29 is 9.47 Å². The molecule has 0 bridgehead atoms. The fourth-order valence-electron chi connectivity index (χ4n) is 1.47. The standard InChI is InChI=1S/C9H8N2O2/c1-2-13-9-4-7-6(10-5-11-7)3-8(9)12-1/h1-4,10-11H,5H2. The number of anilines is 2. The van der Waals surface area contributed by atoms with Crippen molar-refractivity contribution in [3.8, 4) is 11.5 Å². The van der Waals surface area contributed by atoms with Crippen molar-refractivity contribution in [2.24, 2.45) is 0 Å². The Morgan fingerprint density at radius 2 is 1.46 bits per heavy atom. The fraction of sp³-hybridized carbons (Fsp3) is 0.111. The van der Waals surface area contributed by atoms with Crippen molar-refractivity contribution in [3.05, 3.63) is 24.7 Å². The van der Waals surface area contributed by atoms with Crippen LogP contribution in [0.5, 0.6) is 11.5 Å². The highest BCUT2D eigenvalue weighted by molar-refractivity contribution is 5.77. The van der Waals surface area contributed by atoms with E-state index in [4.69, 9.17) is 9.47 Å². The maximum absolute atomic E-state index is 5.28. The SMILES string of the molecule is C1=COc2cc3c(cc2O1)NCN3. The van der Waals surface area contributed by atoms with E-state index < -0.39 is 0 Å². The summed E-state index contributed by atoms with van der Waals surface area (Å²) in [6.45, 7) is 0.756. The lowest BCUT2D eigenvalue weighted by molar-refractivity contribution is 0.362. The lowest BCUT2D eigenvalue weighted by Crippen LogP contribution is -1.98. The van der Waals surface area contributed by atoms with Crippen LogP contribution in [0.15, 0.2) is 24.7 Å². The summed E-state index contributed by atoms with van der Waals surface area (Å²) in [7, 11) is 0. The largest absolute Gasteiger partial charge is 0.458 e. The number of rotatable bonds is 0. The van der Waals surface area contributed by atoms with Gasteiger partial charge in [0.15, 0.2) is 11.5 Å². The predicted molar refractivity (Wildman–Crippen MR) is 49.0 cm³/mol. The molecule has 0 fully saturated rings. The van der Waals surface area contributed by atoms with E-state index in [0.29, 0.717) is 0 Å². The molecule has 4 nitrogen and oxygen atoms in total. The van der Waals surface area contributed by atoms with Crippen LogP contribution in [0.3, 0.4) is 0 Å². The van der Waals surface area contributed by atoms with Crippen LogP contribution in [-0.4, -0.2) is 6.67 Å². The van der Waals surface area contributed by atoms with Gasteiger partial charge in [0.05, 0.1) is 18.0 Å². The fourth-order valence-corrected chi connectivity index (χ4v) is 1.47. The average molecular weight is 176 g/mol. The van der Waals surface area contributed by atoms with Gasteiger partial charge in [-0.1, -0.05) is 0 Å². The molecular weight excluding hydrogens is 168 g/mol. The first-order valence-corrected chi connectivity index (χ1v) is 4.07. The van der Waals surface area contributed by atoms with E-state index in [1.807, 2.05) is 12.1 Å². The molecule has 1 aromatic rings. The van der Waals surface area contributed by atoms with Crippen LogP contribution in [0, 0.1) is 0 Å². The number of hydrogen-bond acceptors (Lipinski definition) is 4. The normalized spacial score (nSPS) is 16.0. The Balaban J connectivity index is 2.14. The van der Waals surface area contributed by atoms with Crippen molar-refractivity contribution >= 4 is 11.4 Å². The minimum absolute atomic E-state index is 0.748. The molecule has 1 aromatic carbocycles. The molecule has 0 radical (unpaired) electrons. The van der Waals surface area contributed by atoms with Gasteiger partial charge < -0.3 is 20.1 Å². The number of benzene rings is 1. The maximum atomic E-state index is 5.28. The van der Waals surface area contributed by atoms with Crippen molar-refractivity contribution in [1.29, 1.82) is 0 Å². The van der Waals surface area contributed by atoms with Crippen molar-refractivity contribution in [2.75, 3.05) is 17.3 Å². The summed E-state index contributed by atoms with van der Waals surface area (Å²) in [5.74, 6) is 1.50. The summed E-state index contributed by atoms with van der Waals surface area (Å²) in [6.07, 6.45) is 3.05. The number of fused-ring (bicyclic) bond motifs is 2. The van der Waals surface area contributed by atoms with Crippen LogP contribution in [-0.2, 0) is 0 Å². The molecule has 4 heteroatoms. The molecule has 2 heterocycles. The first-order chi connectivity index (χ1) is 6.43. The third kappa shape index (κ3) is 0.917. The molecular formula is C9H8N2O2. The van der Waals surface area contributed by atoms with E-state index in [1.165, 1.54) is 12.5 Å². The van der Waals surface area contributed by atoms with Gasteiger partial charge in [-0.3, -0.25) is 0 Å². The van der Waals surface area contributed by atoms with E-state index in [-0.39, 0.29) is 0 Å². The zero-order chi connectivity index (χ0) is 8.67. The quantitative estimate of drug-likeness (QED) is 0.631. The minimum atomic E-state index is 0.748. The van der Waals surface area contributed by atoms with Crippen LogP contribution >= 0.6 is 0 Å². The highest BCUT2D eigenvalue weighted by atomic mass is 16.5. The van der Waals surface area contributed by atoms with Crippen molar-refractivity contribution in [1.82, 2.24) is 0 Å². The monoisotopic (exact) mass is 176 g/mol. The third-order valence-corrected chi connectivity index (χ3v) is 2.09. The third-order valence-electron chi connectivity index (χ3n) is 2.09. The van der Waals surface area contributed by atoms with Gasteiger partial charge in [0.2, 0.25) is 0 Å². The molecule has 0 spiro atoms. The highest BCUT2D eigenvalue weighted by Crippen LogP contribution is 2.39. The van der Waals surface area contributed by atoms with E-state index in [1.54, 1.807) is 0 Å². The van der Waals surface area contributed by atoms with E-state index in [0.717, 1.165) is 29.5 Å². The summed E-state index contributed by atoms with van der Waals surface area (Å²) in [6, 6.07) is 3.85. The summed E-state index contributed by atoms with van der Waals surface area (Å²) >= 11 is 0. The average Bonchev–Trinajstić information content (AvgIpc) is 2.61. The Hall–Kier alpha value is -1.84. The Labute approximate surface area is 75.2 Å². The lowest BCUT2D eigenvalue weighted by atomic mass is 10.2. The lowest BCUT2D eigenvalue weighted by Gasteiger charge is -2.13.